The Morgan fingerprint density at radius 1 is 1.17 bits per heavy atom. The second-order valence-electron chi connectivity index (χ2n) is 6.66. The van der Waals surface area contributed by atoms with E-state index in [-0.39, 0.29) is 42.8 Å². The van der Waals surface area contributed by atoms with Crippen LogP contribution in [0, 0.1) is 5.92 Å². The molecule has 1 heterocycles. The summed E-state index contributed by atoms with van der Waals surface area (Å²) in [6.07, 6.45) is 5.70. The summed E-state index contributed by atoms with van der Waals surface area (Å²) in [5.41, 5.74) is 7.10. The third kappa shape index (κ3) is 5.62. The Hall–Kier alpha value is -0.810. The zero-order valence-corrected chi connectivity index (χ0v) is 15.7. The molecule has 0 radical (unpaired) electrons. The van der Waals surface area contributed by atoms with Crippen LogP contribution in [0.25, 0.3) is 0 Å². The second kappa shape index (κ2) is 10.2. The first-order valence-electron chi connectivity index (χ1n) is 8.56. The molecular weight excluding hydrogens is 345 g/mol. The van der Waals surface area contributed by atoms with Crippen LogP contribution < -0.4 is 11.1 Å². The lowest BCUT2D eigenvalue weighted by molar-refractivity contribution is -0.128. The quantitative estimate of drug-likeness (QED) is 0.805. The van der Waals surface area contributed by atoms with Gasteiger partial charge in [-0.05, 0) is 43.7 Å². The van der Waals surface area contributed by atoms with E-state index >= 15 is 0 Å². The van der Waals surface area contributed by atoms with E-state index in [9.17, 15) is 4.79 Å². The number of amides is 1. The van der Waals surface area contributed by atoms with E-state index in [1.807, 2.05) is 6.07 Å². The van der Waals surface area contributed by atoms with Crippen LogP contribution in [0.1, 0.15) is 37.7 Å². The number of rotatable bonds is 6. The van der Waals surface area contributed by atoms with E-state index in [0.717, 1.165) is 25.9 Å². The molecule has 0 bridgehead atoms. The van der Waals surface area contributed by atoms with Gasteiger partial charge >= 0.3 is 0 Å². The molecule has 1 aromatic rings. The Morgan fingerprint density at radius 2 is 1.88 bits per heavy atom. The van der Waals surface area contributed by atoms with Gasteiger partial charge in [-0.3, -0.25) is 9.69 Å². The molecule has 1 aromatic carbocycles. The lowest BCUT2D eigenvalue weighted by Crippen LogP contribution is -2.53. The van der Waals surface area contributed by atoms with Crippen molar-refractivity contribution in [1.29, 1.82) is 0 Å². The van der Waals surface area contributed by atoms with E-state index in [1.54, 1.807) is 0 Å². The van der Waals surface area contributed by atoms with Crippen molar-refractivity contribution < 1.29 is 4.79 Å². The van der Waals surface area contributed by atoms with E-state index in [4.69, 9.17) is 5.73 Å². The molecule has 136 valence electrons. The van der Waals surface area contributed by atoms with Gasteiger partial charge in [0, 0.05) is 19.1 Å². The first-order valence-corrected chi connectivity index (χ1v) is 8.56. The normalized spacial score (nSPS) is 22.0. The molecule has 6 heteroatoms. The monoisotopic (exact) mass is 373 g/mol. The molecule has 0 aromatic heterocycles. The van der Waals surface area contributed by atoms with Crippen LogP contribution in [0.4, 0.5) is 0 Å². The average Bonchev–Trinajstić information content (AvgIpc) is 3.39. The third-order valence-corrected chi connectivity index (χ3v) is 4.92. The van der Waals surface area contributed by atoms with Crippen LogP contribution in [0.15, 0.2) is 30.3 Å². The molecule has 3 rings (SSSR count). The minimum atomic E-state index is 0. The van der Waals surface area contributed by atoms with E-state index < -0.39 is 0 Å². The number of nitrogens with one attached hydrogen (secondary N) is 1. The first kappa shape index (κ1) is 21.2. The van der Waals surface area contributed by atoms with Gasteiger partial charge in [-0.25, -0.2) is 0 Å². The maximum absolute atomic E-state index is 12.7. The number of nitrogens with two attached hydrogens (primary N) is 1. The highest BCUT2D eigenvalue weighted by molar-refractivity contribution is 5.85. The minimum Gasteiger partial charge on any atom is -0.350 e. The molecule has 3 N–H and O–H groups in total. The summed E-state index contributed by atoms with van der Waals surface area (Å²) in [6, 6.07) is 10.6. The summed E-state index contributed by atoms with van der Waals surface area (Å²) in [7, 11) is 0. The second-order valence-corrected chi connectivity index (χ2v) is 6.66. The number of piperidine rings is 1. The van der Waals surface area contributed by atoms with Crippen LogP contribution in [-0.2, 0) is 11.3 Å². The van der Waals surface area contributed by atoms with Crippen LogP contribution in [0.2, 0.25) is 0 Å². The number of nitrogens with zero attached hydrogens (tertiary/aromatic N) is 1. The molecule has 4 nitrogen and oxygen atoms in total. The van der Waals surface area contributed by atoms with Crippen molar-refractivity contribution in [2.24, 2.45) is 11.7 Å². The third-order valence-electron chi connectivity index (χ3n) is 4.92. The van der Waals surface area contributed by atoms with Gasteiger partial charge in [-0.1, -0.05) is 36.8 Å². The van der Waals surface area contributed by atoms with Gasteiger partial charge in [-0.15, -0.1) is 24.8 Å². The lowest BCUT2D eigenvalue weighted by atomic mass is 9.99. The summed E-state index contributed by atoms with van der Waals surface area (Å²) in [5.74, 6) is 0.790. The smallest absolute Gasteiger partial charge is 0.237 e. The predicted octanol–water partition coefficient (Wildman–Crippen LogP) is 2.74. The van der Waals surface area contributed by atoms with Crippen molar-refractivity contribution in [3.05, 3.63) is 35.9 Å². The molecule has 0 spiro atoms. The van der Waals surface area contributed by atoms with Gasteiger partial charge < -0.3 is 11.1 Å². The first-order chi connectivity index (χ1) is 10.8. The Morgan fingerprint density at radius 3 is 2.50 bits per heavy atom. The lowest BCUT2D eigenvalue weighted by Gasteiger charge is -2.35. The molecule has 1 aliphatic heterocycles. The molecule has 1 saturated heterocycles. The van der Waals surface area contributed by atoms with Crippen molar-refractivity contribution in [3.63, 3.8) is 0 Å². The fourth-order valence-corrected chi connectivity index (χ4v) is 3.44. The van der Waals surface area contributed by atoms with Crippen LogP contribution in [-0.4, -0.2) is 36.0 Å². The number of halogens is 2. The van der Waals surface area contributed by atoms with Crippen LogP contribution in [0.3, 0.4) is 0 Å². The van der Waals surface area contributed by atoms with Gasteiger partial charge in [0.1, 0.15) is 0 Å². The molecule has 1 aliphatic carbocycles. The molecule has 2 fully saturated rings. The SMILES string of the molecule is Cl.Cl.NCC(NC(=O)C1CCCCN1Cc1ccccc1)C1CC1. The number of carbonyl (C=O) groups is 1. The Balaban J connectivity index is 0.00000144. The molecular formula is C18H29Cl2N3O. The summed E-state index contributed by atoms with van der Waals surface area (Å²) < 4.78 is 0. The summed E-state index contributed by atoms with van der Waals surface area (Å²) in [6.45, 7) is 2.42. The highest BCUT2D eigenvalue weighted by Crippen LogP contribution is 2.32. The number of hydrogen-bond acceptors (Lipinski definition) is 3. The van der Waals surface area contributed by atoms with Crippen molar-refractivity contribution in [2.45, 2.75) is 50.7 Å². The molecule has 2 aliphatic rings. The zero-order valence-electron chi connectivity index (χ0n) is 14.0. The number of carbonyl (C=O) groups excluding carboxylic acids is 1. The predicted molar refractivity (Wildman–Crippen MR) is 103 cm³/mol. The number of likely N-dealkylation sites (tertiary alicyclic amines) is 1. The fraction of sp³-hybridized carbons (Fsp3) is 0.611. The molecule has 2 unspecified atom stereocenters. The minimum absolute atomic E-state index is 0. The summed E-state index contributed by atoms with van der Waals surface area (Å²) in [4.78, 5) is 15.0. The van der Waals surface area contributed by atoms with Gasteiger partial charge in [0.05, 0.1) is 6.04 Å². The van der Waals surface area contributed by atoms with Crippen molar-refractivity contribution >= 4 is 30.7 Å². The largest absolute Gasteiger partial charge is 0.350 e. The fourth-order valence-electron chi connectivity index (χ4n) is 3.44. The van der Waals surface area contributed by atoms with Gasteiger partial charge in [-0.2, -0.15) is 0 Å². The maximum Gasteiger partial charge on any atom is 0.237 e. The topological polar surface area (TPSA) is 58.4 Å². The molecule has 2 atom stereocenters. The van der Waals surface area contributed by atoms with E-state index in [1.165, 1.54) is 24.8 Å². The van der Waals surface area contributed by atoms with Crippen molar-refractivity contribution in [1.82, 2.24) is 10.2 Å². The Bertz CT molecular complexity index is 496. The van der Waals surface area contributed by atoms with Crippen molar-refractivity contribution in [2.75, 3.05) is 13.1 Å². The standard InChI is InChI=1S/C18H27N3O.2ClH/c19-12-16(15-9-10-15)20-18(22)17-8-4-5-11-21(17)13-14-6-2-1-3-7-14;;/h1-3,6-7,15-17H,4-5,8-13,19H2,(H,20,22);2*1H. The van der Waals surface area contributed by atoms with Gasteiger partial charge in [0.25, 0.3) is 0 Å². The van der Waals surface area contributed by atoms with Gasteiger partial charge in [0.2, 0.25) is 5.91 Å². The highest BCUT2D eigenvalue weighted by Gasteiger charge is 2.35. The molecule has 1 amide bonds. The summed E-state index contributed by atoms with van der Waals surface area (Å²) in [5, 5.41) is 3.21. The van der Waals surface area contributed by atoms with Crippen LogP contribution in [0.5, 0.6) is 0 Å². The van der Waals surface area contributed by atoms with Gasteiger partial charge in [0.15, 0.2) is 0 Å². The summed E-state index contributed by atoms with van der Waals surface area (Å²) >= 11 is 0. The van der Waals surface area contributed by atoms with Crippen molar-refractivity contribution in [3.8, 4) is 0 Å². The molecule has 24 heavy (non-hydrogen) atoms. The maximum atomic E-state index is 12.7. The van der Waals surface area contributed by atoms with E-state index in [0.29, 0.717) is 12.5 Å². The highest BCUT2D eigenvalue weighted by atomic mass is 35.5. The average molecular weight is 374 g/mol. The zero-order chi connectivity index (χ0) is 15.4. The number of benzene rings is 1. The Labute approximate surface area is 157 Å². The Kier molecular flexibility index (Phi) is 9.06. The van der Waals surface area contributed by atoms with E-state index in [2.05, 4.69) is 34.5 Å². The van der Waals surface area contributed by atoms with Crippen LogP contribution >= 0.6 is 24.8 Å². The number of hydrogen-bond donors (Lipinski definition) is 2. The molecule has 1 saturated carbocycles.